The number of hydrogen-bond donors (Lipinski definition) is 3. The first-order valence-corrected chi connectivity index (χ1v) is 4.40. The van der Waals surface area contributed by atoms with Gasteiger partial charge >= 0.3 is 0 Å². The molecule has 1 saturated heterocycles. The number of rotatable bonds is 1. The highest BCUT2D eigenvalue weighted by molar-refractivity contribution is 5.23. The molecule has 4 atom stereocenters. The van der Waals surface area contributed by atoms with Crippen LogP contribution in [0.1, 0.15) is 13.2 Å². The number of aliphatic hydroxyl groups is 2. The second-order valence-electron chi connectivity index (χ2n) is 3.46. The lowest BCUT2D eigenvalue weighted by Gasteiger charge is -2.15. The van der Waals surface area contributed by atoms with Gasteiger partial charge in [-0.05, 0) is 6.92 Å². The molecule has 2 heterocycles. The summed E-state index contributed by atoms with van der Waals surface area (Å²) in [4.78, 5) is 3.81. The van der Waals surface area contributed by atoms with Crippen LogP contribution in [0.25, 0.3) is 0 Å². The van der Waals surface area contributed by atoms with Crippen LogP contribution in [0.5, 0.6) is 0 Å². The summed E-state index contributed by atoms with van der Waals surface area (Å²) in [5.41, 5.74) is 5.43. The molecule has 1 aromatic heterocycles. The molecule has 14 heavy (non-hydrogen) atoms. The fourth-order valence-electron chi connectivity index (χ4n) is 1.57. The minimum atomic E-state index is -0.946. The van der Waals surface area contributed by atoms with E-state index in [1.165, 1.54) is 6.33 Å². The van der Waals surface area contributed by atoms with Gasteiger partial charge in [0.2, 0.25) is 0 Å². The van der Waals surface area contributed by atoms with E-state index >= 15 is 0 Å². The number of nitrogens with zero attached hydrogens (tertiary/aromatic N) is 2. The number of ether oxygens (including phenoxy) is 1. The van der Waals surface area contributed by atoms with Crippen molar-refractivity contribution < 1.29 is 14.9 Å². The Hall–Kier alpha value is -1.11. The van der Waals surface area contributed by atoms with Crippen molar-refractivity contribution in [3.8, 4) is 0 Å². The van der Waals surface area contributed by atoms with Gasteiger partial charge in [0.1, 0.15) is 18.0 Å². The maximum Gasteiger partial charge on any atom is 0.164 e. The molecule has 78 valence electrons. The Kier molecular flexibility index (Phi) is 2.18. The Bertz CT molecular complexity index is 327. The number of aromatic nitrogens is 2. The highest BCUT2D eigenvalue weighted by atomic mass is 16.6. The van der Waals surface area contributed by atoms with E-state index in [1.807, 2.05) is 0 Å². The minimum absolute atomic E-state index is 0.356. The van der Waals surface area contributed by atoms with E-state index in [2.05, 4.69) is 4.98 Å². The molecule has 1 aliphatic heterocycles. The quantitative estimate of drug-likeness (QED) is 0.545. The van der Waals surface area contributed by atoms with E-state index in [1.54, 1.807) is 17.7 Å². The predicted molar refractivity (Wildman–Crippen MR) is 48.2 cm³/mol. The number of anilines is 1. The molecule has 1 aliphatic rings. The summed E-state index contributed by atoms with van der Waals surface area (Å²) in [6.45, 7) is 1.70. The lowest BCUT2D eigenvalue weighted by molar-refractivity contribution is -0.0321. The normalized spacial score (nSPS) is 37.6. The molecule has 1 aromatic rings. The van der Waals surface area contributed by atoms with Crippen LogP contribution in [0.2, 0.25) is 0 Å². The first-order valence-electron chi connectivity index (χ1n) is 4.40. The first kappa shape index (κ1) is 9.45. The van der Waals surface area contributed by atoms with Gasteiger partial charge in [0.05, 0.1) is 12.4 Å². The molecule has 0 bridgehead atoms. The van der Waals surface area contributed by atoms with Gasteiger partial charge in [0.15, 0.2) is 6.23 Å². The summed E-state index contributed by atoms with van der Waals surface area (Å²) in [7, 11) is 0. The van der Waals surface area contributed by atoms with Crippen molar-refractivity contribution >= 4 is 5.82 Å². The molecule has 2 rings (SSSR count). The third-order valence-corrected chi connectivity index (χ3v) is 2.39. The summed E-state index contributed by atoms with van der Waals surface area (Å²) in [5.74, 6) is 0.356. The van der Waals surface area contributed by atoms with Crippen molar-refractivity contribution in [3.05, 3.63) is 12.5 Å². The molecule has 6 nitrogen and oxygen atoms in total. The maximum atomic E-state index is 9.63. The van der Waals surface area contributed by atoms with Crippen LogP contribution in [-0.4, -0.2) is 38.1 Å². The van der Waals surface area contributed by atoms with E-state index < -0.39 is 24.5 Å². The SMILES string of the molecule is C[C@H]1OC(n2cnc(N)c2)[C@H](O)[C@@H]1O. The summed E-state index contributed by atoms with van der Waals surface area (Å²) in [5, 5.41) is 19.1. The fraction of sp³-hybridized carbons (Fsp3) is 0.625. The van der Waals surface area contributed by atoms with Crippen molar-refractivity contribution in [2.75, 3.05) is 5.73 Å². The molecular weight excluding hydrogens is 186 g/mol. The van der Waals surface area contributed by atoms with E-state index in [-0.39, 0.29) is 0 Å². The van der Waals surface area contributed by atoms with E-state index in [0.29, 0.717) is 5.82 Å². The van der Waals surface area contributed by atoms with Crippen LogP contribution in [0, 0.1) is 0 Å². The Balaban J connectivity index is 2.20. The summed E-state index contributed by atoms with van der Waals surface area (Å²) >= 11 is 0. The summed E-state index contributed by atoms with van der Waals surface area (Å²) in [6, 6.07) is 0. The van der Waals surface area contributed by atoms with Crippen LogP contribution in [-0.2, 0) is 4.74 Å². The van der Waals surface area contributed by atoms with Gasteiger partial charge in [-0.2, -0.15) is 0 Å². The summed E-state index contributed by atoms with van der Waals surface area (Å²) < 4.78 is 6.90. The monoisotopic (exact) mass is 199 g/mol. The van der Waals surface area contributed by atoms with E-state index in [4.69, 9.17) is 10.5 Å². The Morgan fingerprint density at radius 3 is 2.64 bits per heavy atom. The smallest absolute Gasteiger partial charge is 0.164 e. The van der Waals surface area contributed by atoms with Crippen molar-refractivity contribution in [3.63, 3.8) is 0 Å². The van der Waals surface area contributed by atoms with E-state index in [9.17, 15) is 10.2 Å². The average molecular weight is 199 g/mol. The Labute approximate surface area is 80.9 Å². The molecule has 0 saturated carbocycles. The van der Waals surface area contributed by atoms with Crippen LogP contribution in [0.15, 0.2) is 12.5 Å². The van der Waals surface area contributed by atoms with Crippen molar-refractivity contribution in [2.24, 2.45) is 0 Å². The van der Waals surface area contributed by atoms with Gasteiger partial charge in [-0.15, -0.1) is 0 Å². The number of nitrogens with two attached hydrogens (primary N) is 1. The highest BCUT2D eigenvalue weighted by Crippen LogP contribution is 2.29. The third-order valence-electron chi connectivity index (χ3n) is 2.39. The Morgan fingerprint density at radius 2 is 2.21 bits per heavy atom. The van der Waals surface area contributed by atoms with Gasteiger partial charge in [-0.25, -0.2) is 4.98 Å². The standard InChI is InChI=1S/C8H13N3O3/c1-4-6(12)7(13)8(14-4)11-2-5(9)10-3-11/h2-4,6-8,12-13H,9H2,1H3/t4-,6-,7-,8?/m1/s1. The lowest BCUT2D eigenvalue weighted by atomic mass is 10.1. The average Bonchev–Trinajstić information content (AvgIpc) is 2.66. The largest absolute Gasteiger partial charge is 0.388 e. The van der Waals surface area contributed by atoms with Crippen molar-refractivity contribution in [1.82, 2.24) is 9.55 Å². The zero-order chi connectivity index (χ0) is 10.3. The highest BCUT2D eigenvalue weighted by Gasteiger charge is 2.41. The van der Waals surface area contributed by atoms with Crippen molar-refractivity contribution in [1.29, 1.82) is 0 Å². The van der Waals surface area contributed by atoms with Crippen LogP contribution in [0.3, 0.4) is 0 Å². The maximum absolute atomic E-state index is 9.63. The molecule has 4 N–H and O–H groups in total. The van der Waals surface area contributed by atoms with E-state index in [0.717, 1.165) is 0 Å². The van der Waals surface area contributed by atoms with Crippen LogP contribution < -0.4 is 5.73 Å². The summed E-state index contributed by atoms with van der Waals surface area (Å²) in [6.07, 6.45) is 0.206. The molecule has 0 spiro atoms. The second-order valence-corrected chi connectivity index (χ2v) is 3.46. The number of hydrogen-bond acceptors (Lipinski definition) is 5. The topological polar surface area (TPSA) is 93.5 Å². The van der Waals surface area contributed by atoms with Gasteiger partial charge in [0.25, 0.3) is 0 Å². The van der Waals surface area contributed by atoms with Crippen molar-refractivity contribution in [2.45, 2.75) is 31.5 Å². The van der Waals surface area contributed by atoms with Gasteiger partial charge < -0.3 is 25.3 Å². The number of aliphatic hydroxyl groups excluding tert-OH is 2. The molecular formula is C8H13N3O3. The zero-order valence-electron chi connectivity index (χ0n) is 7.74. The van der Waals surface area contributed by atoms with Gasteiger partial charge in [-0.3, -0.25) is 0 Å². The molecule has 0 aliphatic carbocycles. The van der Waals surface area contributed by atoms with Gasteiger partial charge in [0, 0.05) is 6.20 Å². The Morgan fingerprint density at radius 1 is 1.50 bits per heavy atom. The third kappa shape index (κ3) is 1.37. The molecule has 0 radical (unpaired) electrons. The fourth-order valence-corrected chi connectivity index (χ4v) is 1.57. The minimum Gasteiger partial charge on any atom is -0.388 e. The molecule has 1 unspecified atom stereocenters. The predicted octanol–water partition coefficient (Wildman–Crippen LogP) is -0.896. The zero-order valence-corrected chi connectivity index (χ0v) is 7.74. The van der Waals surface area contributed by atoms with Crippen LogP contribution >= 0.6 is 0 Å². The first-order chi connectivity index (χ1) is 6.59. The molecule has 0 aromatic carbocycles. The molecule has 0 amide bonds. The number of imidazole rings is 1. The molecule has 1 fully saturated rings. The lowest BCUT2D eigenvalue weighted by Crippen LogP contribution is -2.30. The van der Waals surface area contributed by atoms with Crippen LogP contribution in [0.4, 0.5) is 5.82 Å². The second kappa shape index (κ2) is 3.23. The molecule has 6 heteroatoms. The van der Waals surface area contributed by atoms with Gasteiger partial charge in [-0.1, -0.05) is 0 Å². The number of nitrogen functional groups attached to an aromatic ring is 1.